The molecule has 1 aliphatic carbocycles. The number of carbonyl (C=O) groups is 1. The Morgan fingerprint density at radius 2 is 2.00 bits per heavy atom. The fourth-order valence-corrected chi connectivity index (χ4v) is 1.65. The van der Waals surface area contributed by atoms with Gasteiger partial charge in [-0.1, -0.05) is 34.6 Å². The molecule has 2 atom stereocenters. The highest BCUT2D eigenvalue weighted by atomic mass is 16.2. The van der Waals surface area contributed by atoms with Crippen LogP contribution in [0.4, 0.5) is 0 Å². The molecule has 1 saturated carbocycles. The zero-order valence-corrected chi connectivity index (χ0v) is 10.6. The van der Waals surface area contributed by atoms with E-state index in [0.717, 1.165) is 6.54 Å². The SMILES string of the molecule is CC(C)(C)C(N)C(=O)NCC1CC1(C)C. The molecule has 88 valence electrons. The zero-order valence-electron chi connectivity index (χ0n) is 10.6. The summed E-state index contributed by atoms with van der Waals surface area (Å²) in [5, 5.41) is 2.94. The van der Waals surface area contributed by atoms with Crippen molar-refractivity contribution in [2.45, 2.75) is 47.1 Å². The molecule has 0 aliphatic heterocycles. The van der Waals surface area contributed by atoms with Gasteiger partial charge in [-0.25, -0.2) is 0 Å². The lowest BCUT2D eigenvalue weighted by Gasteiger charge is -2.25. The van der Waals surface area contributed by atoms with Gasteiger partial charge in [-0.05, 0) is 23.2 Å². The summed E-state index contributed by atoms with van der Waals surface area (Å²) in [5.41, 5.74) is 6.11. The lowest BCUT2D eigenvalue weighted by molar-refractivity contribution is -0.124. The molecule has 0 radical (unpaired) electrons. The van der Waals surface area contributed by atoms with E-state index >= 15 is 0 Å². The third-order valence-corrected chi connectivity index (χ3v) is 3.46. The standard InChI is InChI=1S/C12H24N2O/c1-11(2,3)9(13)10(15)14-7-8-6-12(8,4)5/h8-9H,6-7,13H2,1-5H3,(H,14,15). The van der Waals surface area contributed by atoms with Gasteiger partial charge >= 0.3 is 0 Å². The second-order valence-corrected chi connectivity index (χ2v) is 6.48. The van der Waals surface area contributed by atoms with Gasteiger partial charge in [-0.2, -0.15) is 0 Å². The van der Waals surface area contributed by atoms with Crippen molar-refractivity contribution in [3.05, 3.63) is 0 Å². The normalized spacial score (nSPS) is 25.9. The third kappa shape index (κ3) is 3.20. The minimum atomic E-state index is -0.417. The Morgan fingerprint density at radius 3 is 2.33 bits per heavy atom. The van der Waals surface area contributed by atoms with E-state index in [2.05, 4.69) is 19.2 Å². The van der Waals surface area contributed by atoms with E-state index in [-0.39, 0.29) is 11.3 Å². The molecule has 0 spiro atoms. The Hall–Kier alpha value is -0.570. The molecule has 0 heterocycles. The molecule has 3 heteroatoms. The van der Waals surface area contributed by atoms with E-state index in [0.29, 0.717) is 11.3 Å². The molecule has 2 unspecified atom stereocenters. The van der Waals surface area contributed by atoms with Crippen LogP contribution in [0.1, 0.15) is 41.0 Å². The second-order valence-electron chi connectivity index (χ2n) is 6.48. The number of hydrogen-bond acceptors (Lipinski definition) is 2. The molecule has 3 N–H and O–H groups in total. The monoisotopic (exact) mass is 212 g/mol. The topological polar surface area (TPSA) is 55.1 Å². The molecular weight excluding hydrogens is 188 g/mol. The maximum Gasteiger partial charge on any atom is 0.237 e. The van der Waals surface area contributed by atoms with Gasteiger partial charge in [0, 0.05) is 6.54 Å². The number of rotatable bonds is 3. The number of hydrogen-bond donors (Lipinski definition) is 2. The van der Waals surface area contributed by atoms with Crippen LogP contribution in [0.2, 0.25) is 0 Å². The lowest BCUT2D eigenvalue weighted by Crippen LogP contribution is -2.49. The van der Waals surface area contributed by atoms with E-state index in [1.807, 2.05) is 20.8 Å². The zero-order chi connectivity index (χ0) is 11.9. The predicted octanol–water partition coefficient (Wildman–Crippen LogP) is 1.52. The van der Waals surface area contributed by atoms with Crippen molar-refractivity contribution in [2.75, 3.05) is 6.54 Å². The second kappa shape index (κ2) is 3.78. The molecule has 0 aromatic heterocycles. The molecular formula is C12H24N2O. The van der Waals surface area contributed by atoms with Gasteiger partial charge in [0.2, 0.25) is 5.91 Å². The quantitative estimate of drug-likeness (QED) is 0.745. The molecule has 0 bridgehead atoms. The van der Waals surface area contributed by atoms with Crippen LogP contribution < -0.4 is 11.1 Å². The lowest BCUT2D eigenvalue weighted by atomic mass is 9.87. The first kappa shape index (κ1) is 12.5. The van der Waals surface area contributed by atoms with E-state index in [1.54, 1.807) is 0 Å². The van der Waals surface area contributed by atoms with Crippen LogP contribution in [-0.2, 0) is 4.79 Å². The molecule has 1 aliphatic rings. The van der Waals surface area contributed by atoms with Crippen LogP contribution >= 0.6 is 0 Å². The maximum atomic E-state index is 11.7. The van der Waals surface area contributed by atoms with Gasteiger partial charge in [0.15, 0.2) is 0 Å². The third-order valence-electron chi connectivity index (χ3n) is 3.46. The smallest absolute Gasteiger partial charge is 0.237 e. The summed E-state index contributed by atoms with van der Waals surface area (Å²) in [5.74, 6) is 0.610. The van der Waals surface area contributed by atoms with Crippen molar-refractivity contribution in [1.29, 1.82) is 0 Å². The predicted molar refractivity (Wildman–Crippen MR) is 62.3 cm³/mol. The van der Waals surface area contributed by atoms with Gasteiger partial charge in [-0.15, -0.1) is 0 Å². The van der Waals surface area contributed by atoms with E-state index in [1.165, 1.54) is 6.42 Å². The summed E-state index contributed by atoms with van der Waals surface area (Å²) in [4.78, 5) is 11.7. The van der Waals surface area contributed by atoms with Gasteiger partial charge < -0.3 is 11.1 Å². The van der Waals surface area contributed by atoms with Gasteiger partial charge in [0.05, 0.1) is 6.04 Å². The van der Waals surface area contributed by atoms with Gasteiger partial charge in [0.25, 0.3) is 0 Å². The minimum absolute atomic E-state index is 0.0230. The van der Waals surface area contributed by atoms with E-state index in [9.17, 15) is 4.79 Å². The molecule has 1 rings (SSSR count). The summed E-state index contributed by atoms with van der Waals surface area (Å²) < 4.78 is 0. The highest BCUT2D eigenvalue weighted by molar-refractivity contribution is 5.82. The van der Waals surface area contributed by atoms with Gasteiger partial charge in [0.1, 0.15) is 0 Å². The molecule has 0 aromatic carbocycles. The first-order chi connectivity index (χ1) is 6.64. The first-order valence-electron chi connectivity index (χ1n) is 5.68. The minimum Gasteiger partial charge on any atom is -0.354 e. The van der Waals surface area contributed by atoms with Crippen molar-refractivity contribution in [2.24, 2.45) is 22.5 Å². The first-order valence-corrected chi connectivity index (χ1v) is 5.68. The fraction of sp³-hybridized carbons (Fsp3) is 0.917. The molecule has 1 fully saturated rings. The number of nitrogens with one attached hydrogen (secondary N) is 1. The number of carbonyl (C=O) groups excluding carboxylic acids is 1. The van der Waals surface area contributed by atoms with Crippen LogP contribution in [0.15, 0.2) is 0 Å². The van der Waals surface area contributed by atoms with Crippen LogP contribution in [0.3, 0.4) is 0 Å². The summed E-state index contributed by atoms with van der Waals surface area (Å²) in [6, 6.07) is -0.417. The Kier molecular flexibility index (Phi) is 3.15. The Morgan fingerprint density at radius 1 is 1.53 bits per heavy atom. The summed E-state index contributed by atoms with van der Waals surface area (Å²) in [7, 11) is 0. The Balaban J connectivity index is 2.31. The Labute approximate surface area is 92.8 Å². The van der Waals surface area contributed by atoms with Crippen molar-refractivity contribution in [3.63, 3.8) is 0 Å². The van der Waals surface area contributed by atoms with Crippen LogP contribution in [0.5, 0.6) is 0 Å². The van der Waals surface area contributed by atoms with E-state index in [4.69, 9.17) is 5.73 Å². The summed E-state index contributed by atoms with van der Waals surface area (Å²) in [6.45, 7) is 11.2. The number of amides is 1. The van der Waals surface area contributed by atoms with Crippen LogP contribution in [0.25, 0.3) is 0 Å². The molecule has 15 heavy (non-hydrogen) atoms. The molecule has 1 amide bonds. The largest absolute Gasteiger partial charge is 0.354 e. The number of nitrogens with two attached hydrogens (primary N) is 1. The molecule has 3 nitrogen and oxygen atoms in total. The average Bonchev–Trinajstić information content (AvgIpc) is 2.67. The van der Waals surface area contributed by atoms with Crippen molar-refractivity contribution in [1.82, 2.24) is 5.32 Å². The van der Waals surface area contributed by atoms with Crippen molar-refractivity contribution in [3.8, 4) is 0 Å². The van der Waals surface area contributed by atoms with E-state index < -0.39 is 6.04 Å². The molecule has 0 saturated heterocycles. The summed E-state index contributed by atoms with van der Waals surface area (Å²) in [6.07, 6.45) is 1.21. The highest BCUT2D eigenvalue weighted by Crippen LogP contribution is 2.50. The van der Waals surface area contributed by atoms with Crippen LogP contribution in [0, 0.1) is 16.7 Å². The Bertz CT molecular complexity index is 253. The average molecular weight is 212 g/mol. The van der Waals surface area contributed by atoms with Crippen LogP contribution in [-0.4, -0.2) is 18.5 Å². The fourth-order valence-electron chi connectivity index (χ4n) is 1.65. The molecule has 0 aromatic rings. The summed E-state index contributed by atoms with van der Waals surface area (Å²) >= 11 is 0. The van der Waals surface area contributed by atoms with Gasteiger partial charge in [-0.3, -0.25) is 4.79 Å². The van der Waals surface area contributed by atoms with Crippen molar-refractivity contribution >= 4 is 5.91 Å². The maximum absolute atomic E-state index is 11.7. The highest BCUT2D eigenvalue weighted by Gasteiger charge is 2.45. The van der Waals surface area contributed by atoms with Crippen molar-refractivity contribution < 1.29 is 4.79 Å².